The van der Waals surface area contributed by atoms with Gasteiger partial charge in [-0.3, -0.25) is 9.78 Å². The number of aryl methyl sites for hydroxylation is 2. The van der Waals surface area contributed by atoms with Crippen molar-refractivity contribution in [1.82, 2.24) is 9.97 Å². The predicted molar refractivity (Wildman–Crippen MR) is 75.5 cm³/mol. The van der Waals surface area contributed by atoms with Crippen molar-refractivity contribution in [2.75, 3.05) is 0 Å². The lowest BCUT2D eigenvalue weighted by molar-refractivity contribution is -0.120. The van der Waals surface area contributed by atoms with E-state index in [1.54, 1.807) is 17.5 Å². The lowest BCUT2D eigenvalue weighted by atomic mass is 9.83. The molecule has 0 saturated heterocycles. The zero-order valence-corrected chi connectivity index (χ0v) is 11.7. The molecule has 0 saturated carbocycles. The highest BCUT2D eigenvalue weighted by Gasteiger charge is 2.27. The number of fused-ring (bicyclic) bond motifs is 1. The third-order valence-corrected chi connectivity index (χ3v) is 4.43. The maximum absolute atomic E-state index is 12.5. The molecule has 0 N–H and O–H groups in total. The Hall–Kier alpha value is -1.55. The molecule has 3 nitrogen and oxygen atoms in total. The number of nitrogens with zero attached hydrogens (tertiary/aromatic N) is 2. The van der Waals surface area contributed by atoms with Crippen molar-refractivity contribution in [2.45, 2.75) is 38.5 Å². The van der Waals surface area contributed by atoms with Crippen LogP contribution >= 0.6 is 11.3 Å². The highest BCUT2D eigenvalue weighted by Crippen LogP contribution is 2.31. The third kappa shape index (κ3) is 2.59. The summed E-state index contributed by atoms with van der Waals surface area (Å²) in [6.45, 7) is 1.97. The lowest BCUT2D eigenvalue weighted by Crippen LogP contribution is -2.21. The quantitative estimate of drug-likeness (QED) is 0.862. The Morgan fingerprint density at radius 1 is 1.53 bits per heavy atom. The van der Waals surface area contributed by atoms with E-state index in [1.807, 2.05) is 18.4 Å². The zero-order chi connectivity index (χ0) is 13.2. The van der Waals surface area contributed by atoms with Crippen LogP contribution in [0.3, 0.4) is 0 Å². The third-order valence-electron chi connectivity index (χ3n) is 3.61. The summed E-state index contributed by atoms with van der Waals surface area (Å²) < 4.78 is 0. The molecule has 1 aliphatic carbocycles. The summed E-state index contributed by atoms with van der Waals surface area (Å²) in [6.07, 6.45) is 5.27. The Morgan fingerprint density at radius 2 is 2.42 bits per heavy atom. The molecule has 98 valence electrons. The number of aromatic nitrogens is 2. The van der Waals surface area contributed by atoms with Gasteiger partial charge >= 0.3 is 0 Å². The van der Waals surface area contributed by atoms with Gasteiger partial charge in [0.15, 0.2) is 0 Å². The molecule has 2 aromatic heterocycles. The number of hydrogen-bond acceptors (Lipinski definition) is 4. The first-order valence-corrected chi connectivity index (χ1v) is 7.49. The van der Waals surface area contributed by atoms with E-state index < -0.39 is 0 Å². The zero-order valence-electron chi connectivity index (χ0n) is 10.9. The molecule has 1 unspecified atom stereocenters. The molecule has 0 amide bonds. The smallest absolute Gasteiger partial charge is 0.147 e. The SMILES string of the molecule is Cc1nc(CC(=O)C2CCCc3cccnc32)cs1. The number of rotatable bonds is 3. The molecule has 0 fully saturated rings. The molecule has 19 heavy (non-hydrogen) atoms. The molecule has 1 atom stereocenters. The summed E-state index contributed by atoms with van der Waals surface area (Å²) in [4.78, 5) is 21.3. The van der Waals surface area contributed by atoms with E-state index in [0.717, 1.165) is 35.7 Å². The van der Waals surface area contributed by atoms with Crippen LogP contribution < -0.4 is 0 Å². The maximum atomic E-state index is 12.5. The van der Waals surface area contributed by atoms with Crippen molar-refractivity contribution in [2.24, 2.45) is 0 Å². The molecule has 0 aromatic carbocycles. The monoisotopic (exact) mass is 272 g/mol. The Morgan fingerprint density at radius 3 is 3.21 bits per heavy atom. The first-order chi connectivity index (χ1) is 9.24. The van der Waals surface area contributed by atoms with Gasteiger partial charge in [-0.05, 0) is 37.8 Å². The van der Waals surface area contributed by atoms with E-state index in [-0.39, 0.29) is 11.7 Å². The average molecular weight is 272 g/mol. The van der Waals surface area contributed by atoms with Gasteiger partial charge in [0.25, 0.3) is 0 Å². The highest BCUT2D eigenvalue weighted by molar-refractivity contribution is 7.09. The van der Waals surface area contributed by atoms with E-state index in [1.165, 1.54) is 5.56 Å². The summed E-state index contributed by atoms with van der Waals surface area (Å²) in [5.41, 5.74) is 3.13. The second-order valence-corrected chi connectivity index (χ2v) is 6.06. The minimum atomic E-state index is -0.0352. The van der Waals surface area contributed by atoms with Crippen LogP contribution in [0.1, 0.15) is 40.7 Å². The van der Waals surface area contributed by atoms with Crippen molar-refractivity contribution in [3.63, 3.8) is 0 Å². The topological polar surface area (TPSA) is 42.9 Å². The molecule has 1 aliphatic rings. The van der Waals surface area contributed by atoms with Gasteiger partial charge in [0.05, 0.1) is 28.7 Å². The second-order valence-electron chi connectivity index (χ2n) is 4.99. The highest BCUT2D eigenvalue weighted by atomic mass is 32.1. The molecule has 4 heteroatoms. The number of hydrogen-bond donors (Lipinski definition) is 0. The molecule has 3 rings (SSSR count). The van der Waals surface area contributed by atoms with Crippen LogP contribution in [0.25, 0.3) is 0 Å². The van der Waals surface area contributed by atoms with E-state index in [0.29, 0.717) is 6.42 Å². The number of ketones is 1. The number of carbonyl (C=O) groups excluding carboxylic acids is 1. The molecule has 0 aliphatic heterocycles. The average Bonchev–Trinajstić information content (AvgIpc) is 2.83. The summed E-state index contributed by atoms with van der Waals surface area (Å²) in [7, 11) is 0. The Bertz CT molecular complexity index is 606. The van der Waals surface area contributed by atoms with Gasteiger partial charge in [0.2, 0.25) is 0 Å². The fourth-order valence-corrected chi connectivity index (χ4v) is 3.33. The fraction of sp³-hybridized carbons (Fsp3) is 0.400. The van der Waals surface area contributed by atoms with E-state index in [2.05, 4.69) is 16.0 Å². The van der Waals surface area contributed by atoms with Gasteiger partial charge in [-0.2, -0.15) is 0 Å². The van der Waals surface area contributed by atoms with Crippen molar-refractivity contribution in [1.29, 1.82) is 0 Å². The van der Waals surface area contributed by atoms with Gasteiger partial charge in [-0.1, -0.05) is 6.07 Å². The predicted octanol–water partition coefficient (Wildman–Crippen LogP) is 3.08. The summed E-state index contributed by atoms with van der Waals surface area (Å²) in [6, 6.07) is 4.05. The molecule has 2 aromatic rings. The van der Waals surface area contributed by atoms with Crippen molar-refractivity contribution in [3.05, 3.63) is 45.7 Å². The van der Waals surface area contributed by atoms with Crippen LogP contribution in [-0.4, -0.2) is 15.8 Å². The van der Waals surface area contributed by atoms with E-state index >= 15 is 0 Å². The molecule has 0 spiro atoms. The van der Waals surface area contributed by atoms with Gasteiger partial charge in [-0.15, -0.1) is 11.3 Å². The molecular formula is C15H16N2OS. The van der Waals surface area contributed by atoms with Crippen LogP contribution in [-0.2, 0) is 17.6 Å². The van der Waals surface area contributed by atoms with Crippen LogP contribution in [0, 0.1) is 6.92 Å². The van der Waals surface area contributed by atoms with Crippen LogP contribution in [0.4, 0.5) is 0 Å². The van der Waals surface area contributed by atoms with Gasteiger partial charge in [-0.25, -0.2) is 4.98 Å². The lowest BCUT2D eigenvalue weighted by Gasteiger charge is -2.22. The van der Waals surface area contributed by atoms with Crippen molar-refractivity contribution < 1.29 is 4.79 Å². The number of carbonyl (C=O) groups is 1. The molecule has 0 radical (unpaired) electrons. The Labute approximate surface area is 116 Å². The van der Waals surface area contributed by atoms with Crippen molar-refractivity contribution in [3.8, 4) is 0 Å². The Kier molecular flexibility index (Phi) is 3.42. The standard InChI is InChI=1S/C15H16N2OS/c1-10-17-12(9-19-10)8-14(18)13-6-2-4-11-5-3-7-16-15(11)13/h3,5,7,9,13H,2,4,6,8H2,1H3. The molecular weight excluding hydrogens is 256 g/mol. The van der Waals surface area contributed by atoms with Crippen LogP contribution in [0.5, 0.6) is 0 Å². The minimum absolute atomic E-state index is 0.0352. The van der Waals surface area contributed by atoms with Crippen LogP contribution in [0.2, 0.25) is 0 Å². The van der Waals surface area contributed by atoms with E-state index in [9.17, 15) is 4.79 Å². The van der Waals surface area contributed by atoms with E-state index in [4.69, 9.17) is 0 Å². The maximum Gasteiger partial charge on any atom is 0.147 e. The van der Waals surface area contributed by atoms with Crippen LogP contribution in [0.15, 0.2) is 23.7 Å². The summed E-state index contributed by atoms with van der Waals surface area (Å²) in [5.74, 6) is 0.219. The fourth-order valence-electron chi connectivity index (χ4n) is 2.71. The first kappa shape index (κ1) is 12.5. The normalized spacial score (nSPS) is 18.1. The largest absolute Gasteiger partial charge is 0.299 e. The number of pyridine rings is 1. The Balaban J connectivity index is 1.81. The summed E-state index contributed by atoms with van der Waals surface area (Å²) >= 11 is 1.60. The molecule has 2 heterocycles. The number of thiazole rings is 1. The number of Topliss-reactive ketones (excluding diaryl/α,β-unsaturated/α-hetero) is 1. The first-order valence-electron chi connectivity index (χ1n) is 6.61. The van der Waals surface area contributed by atoms with Gasteiger partial charge in [0, 0.05) is 11.6 Å². The van der Waals surface area contributed by atoms with Crippen molar-refractivity contribution >= 4 is 17.1 Å². The van der Waals surface area contributed by atoms with Gasteiger partial charge < -0.3 is 0 Å². The van der Waals surface area contributed by atoms with Gasteiger partial charge in [0.1, 0.15) is 5.78 Å². The minimum Gasteiger partial charge on any atom is -0.299 e. The summed E-state index contributed by atoms with van der Waals surface area (Å²) in [5, 5.41) is 3.00. The molecule has 0 bridgehead atoms. The second kappa shape index (κ2) is 5.21.